The normalized spacial score (nSPS) is 17.7. The Labute approximate surface area is 204 Å². The zero-order chi connectivity index (χ0) is 24.6. The van der Waals surface area contributed by atoms with E-state index < -0.39 is 10.0 Å². The Morgan fingerprint density at radius 3 is 2.34 bits per heavy atom. The number of hydrogen-bond donors (Lipinski definition) is 1. The highest BCUT2D eigenvalue weighted by Crippen LogP contribution is 2.32. The van der Waals surface area contributed by atoms with E-state index in [-0.39, 0.29) is 22.6 Å². The van der Waals surface area contributed by atoms with Crippen molar-refractivity contribution in [3.8, 4) is 0 Å². The first-order valence-corrected chi connectivity index (χ1v) is 13.4. The first-order valence-electron chi connectivity index (χ1n) is 12.0. The molecule has 2 aliphatic heterocycles. The number of pyridine rings is 1. The monoisotopic (exact) mass is 495 g/mol. The first-order chi connectivity index (χ1) is 16.8. The number of nitrogens with one attached hydrogen (secondary N) is 1. The summed E-state index contributed by atoms with van der Waals surface area (Å²) >= 11 is 0. The molecule has 0 atom stereocenters. The quantitative estimate of drug-likeness (QED) is 0.586. The summed E-state index contributed by atoms with van der Waals surface area (Å²) in [5.41, 5.74) is 3.09. The average molecular weight is 496 g/mol. The van der Waals surface area contributed by atoms with Crippen molar-refractivity contribution in [3.63, 3.8) is 0 Å². The van der Waals surface area contributed by atoms with Crippen molar-refractivity contribution in [1.29, 1.82) is 0 Å². The molecular formula is C25H29N5O4S. The summed E-state index contributed by atoms with van der Waals surface area (Å²) in [5.74, 6) is 0.0302. The molecule has 2 aromatic heterocycles. The fourth-order valence-electron chi connectivity index (χ4n) is 5.00. The zero-order valence-corrected chi connectivity index (χ0v) is 20.5. The third-order valence-electron chi connectivity index (χ3n) is 6.91. The maximum absolute atomic E-state index is 13.1. The molecule has 0 radical (unpaired) electrons. The second-order valence-corrected chi connectivity index (χ2v) is 11.2. The molecule has 35 heavy (non-hydrogen) atoms. The predicted octanol–water partition coefficient (Wildman–Crippen LogP) is 3.10. The van der Waals surface area contributed by atoms with Crippen LogP contribution in [0.4, 0.5) is 5.69 Å². The second kappa shape index (κ2) is 9.43. The summed E-state index contributed by atoms with van der Waals surface area (Å²) < 4.78 is 29.5. The minimum atomic E-state index is -3.61. The van der Waals surface area contributed by atoms with Gasteiger partial charge in [-0.2, -0.15) is 9.40 Å². The highest BCUT2D eigenvalue weighted by molar-refractivity contribution is 7.89. The van der Waals surface area contributed by atoms with Gasteiger partial charge in [-0.15, -0.1) is 0 Å². The van der Waals surface area contributed by atoms with Crippen LogP contribution in [0.5, 0.6) is 0 Å². The van der Waals surface area contributed by atoms with Crippen LogP contribution >= 0.6 is 0 Å². The van der Waals surface area contributed by atoms with Crippen LogP contribution in [0.15, 0.2) is 53.7 Å². The van der Waals surface area contributed by atoms with Gasteiger partial charge >= 0.3 is 0 Å². The number of carbonyl (C=O) groups is 2. The molecule has 10 heteroatoms. The van der Waals surface area contributed by atoms with Crippen LogP contribution < -0.4 is 5.32 Å². The van der Waals surface area contributed by atoms with Crippen LogP contribution in [-0.4, -0.2) is 65.2 Å². The van der Waals surface area contributed by atoms with Crippen molar-refractivity contribution in [3.05, 3.63) is 59.9 Å². The maximum atomic E-state index is 13.1. The van der Waals surface area contributed by atoms with Gasteiger partial charge in [0.2, 0.25) is 15.9 Å². The lowest BCUT2D eigenvalue weighted by Gasteiger charge is -2.31. The molecular weight excluding hydrogens is 466 g/mol. The summed E-state index contributed by atoms with van der Waals surface area (Å²) in [6.07, 6.45) is 7.00. The number of fused-ring (bicyclic) bond motifs is 1. The summed E-state index contributed by atoms with van der Waals surface area (Å²) in [6, 6.07) is 10.3. The van der Waals surface area contributed by atoms with Gasteiger partial charge in [-0.25, -0.2) is 12.9 Å². The second-order valence-electron chi connectivity index (χ2n) is 9.23. The van der Waals surface area contributed by atoms with E-state index in [2.05, 4.69) is 10.4 Å². The van der Waals surface area contributed by atoms with Crippen LogP contribution in [0.1, 0.15) is 54.4 Å². The van der Waals surface area contributed by atoms with Gasteiger partial charge in [-0.05, 0) is 73.6 Å². The molecule has 0 bridgehead atoms. The first kappa shape index (κ1) is 23.5. The van der Waals surface area contributed by atoms with Crippen molar-refractivity contribution in [2.75, 3.05) is 31.5 Å². The number of aromatic nitrogens is 2. The van der Waals surface area contributed by atoms with E-state index in [9.17, 15) is 18.0 Å². The van der Waals surface area contributed by atoms with E-state index in [1.807, 2.05) is 23.2 Å². The van der Waals surface area contributed by atoms with Crippen LogP contribution in [0.25, 0.3) is 5.52 Å². The molecule has 2 saturated heterocycles. The van der Waals surface area contributed by atoms with Crippen LogP contribution in [0.3, 0.4) is 0 Å². The van der Waals surface area contributed by atoms with E-state index in [4.69, 9.17) is 0 Å². The topological polar surface area (TPSA) is 104 Å². The Kier molecular flexibility index (Phi) is 6.33. The highest BCUT2D eigenvalue weighted by Gasteiger charge is 2.30. The number of benzene rings is 1. The Hall–Kier alpha value is -3.24. The van der Waals surface area contributed by atoms with Gasteiger partial charge < -0.3 is 10.2 Å². The number of rotatable bonds is 5. The van der Waals surface area contributed by atoms with E-state index in [0.717, 1.165) is 37.0 Å². The largest absolute Gasteiger partial charge is 0.339 e. The molecule has 4 heterocycles. The van der Waals surface area contributed by atoms with Crippen molar-refractivity contribution < 1.29 is 18.0 Å². The summed E-state index contributed by atoms with van der Waals surface area (Å²) in [6.45, 7) is 3.83. The molecule has 1 N–H and O–H groups in total. The molecule has 2 amide bonds. The number of piperidine rings is 1. The van der Waals surface area contributed by atoms with Crippen molar-refractivity contribution in [2.45, 2.75) is 43.4 Å². The fourth-order valence-corrected chi connectivity index (χ4v) is 6.47. The van der Waals surface area contributed by atoms with E-state index in [1.54, 1.807) is 22.8 Å². The predicted molar refractivity (Wildman–Crippen MR) is 132 cm³/mol. The average Bonchev–Trinajstić information content (AvgIpc) is 3.54. The van der Waals surface area contributed by atoms with E-state index in [1.165, 1.54) is 23.4 Å². The lowest BCUT2D eigenvalue weighted by Crippen LogP contribution is -2.37. The van der Waals surface area contributed by atoms with E-state index in [0.29, 0.717) is 37.2 Å². The molecule has 0 aliphatic carbocycles. The number of amides is 2. The van der Waals surface area contributed by atoms with Crippen LogP contribution in [0.2, 0.25) is 0 Å². The number of nitrogens with zero attached hydrogens (tertiary/aromatic N) is 4. The summed E-state index contributed by atoms with van der Waals surface area (Å²) in [7, 11) is -3.61. The minimum Gasteiger partial charge on any atom is -0.339 e. The van der Waals surface area contributed by atoms with Gasteiger partial charge in [0.1, 0.15) is 0 Å². The molecule has 1 aromatic carbocycles. The standard InChI is InChI=1S/C25H29N5O4S/c1-18(31)27-21-4-6-22(7-5-21)35(33,34)29-13-8-19(9-14-29)20-10-15-30-24(16-20)23(17-26-30)25(32)28-11-2-3-12-28/h4-7,10,15-17,19H,2-3,8-9,11-14H2,1H3,(H,27,31). The summed E-state index contributed by atoms with van der Waals surface area (Å²) in [5, 5.41) is 7.00. The number of likely N-dealkylation sites (tertiary alicyclic amines) is 1. The Morgan fingerprint density at radius 1 is 1.00 bits per heavy atom. The third-order valence-corrected chi connectivity index (χ3v) is 8.82. The molecule has 5 rings (SSSR count). The highest BCUT2D eigenvalue weighted by atomic mass is 32.2. The molecule has 0 spiro atoms. The molecule has 0 unspecified atom stereocenters. The molecule has 2 aliphatic rings. The third kappa shape index (κ3) is 4.68. The Bertz CT molecular complexity index is 1350. The van der Waals surface area contributed by atoms with Gasteiger partial charge in [0.15, 0.2) is 0 Å². The summed E-state index contributed by atoms with van der Waals surface area (Å²) in [4.78, 5) is 26.3. The molecule has 2 fully saturated rings. The smallest absolute Gasteiger partial charge is 0.257 e. The number of hydrogen-bond acceptors (Lipinski definition) is 5. The van der Waals surface area contributed by atoms with Gasteiger partial charge in [-0.1, -0.05) is 0 Å². The zero-order valence-electron chi connectivity index (χ0n) is 19.7. The Morgan fingerprint density at radius 2 is 1.69 bits per heavy atom. The maximum Gasteiger partial charge on any atom is 0.257 e. The van der Waals surface area contributed by atoms with Crippen molar-refractivity contribution in [2.24, 2.45) is 0 Å². The lowest BCUT2D eigenvalue weighted by molar-refractivity contribution is -0.114. The molecule has 0 saturated carbocycles. The number of carbonyl (C=O) groups excluding carboxylic acids is 2. The molecule has 3 aromatic rings. The molecule has 184 valence electrons. The van der Waals surface area contributed by atoms with Crippen molar-refractivity contribution >= 4 is 33.0 Å². The van der Waals surface area contributed by atoms with Gasteiger partial charge in [0, 0.05) is 45.0 Å². The SMILES string of the molecule is CC(=O)Nc1ccc(S(=O)(=O)N2CCC(c3ccn4ncc(C(=O)N5CCCC5)c4c3)CC2)cc1. The van der Waals surface area contributed by atoms with E-state index >= 15 is 0 Å². The fraction of sp³-hybridized carbons (Fsp3) is 0.400. The van der Waals surface area contributed by atoms with Gasteiger partial charge in [0.25, 0.3) is 5.91 Å². The van der Waals surface area contributed by atoms with Crippen LogP contribution in [0, 0.1) is 0 Å². The molecule has 9 nitrogen and oxygen atoms in total. The minimum absolute atomic E-state index is 0.0279. The van der Waals surface area contributed by atoms with Gasteiger partial charge in [0.05, 0.1) is 22.2 Å². The van der Waals surface area contributed by atoms with Crippen molar-refractivity contribution in [1.82, 2.24) is 18.8 Å². The number of sulfonamides is 1. The van der Waals surface area contributed by atoms with Gasteiger partial charge in [-0.3, -0.25) is 9.59 Å². The Balaban J connectivity index is 1.29. The lowest BCUT2D eigenvalue weighted by atomic mass is 9.90. The number of anilines is 1. The van der Waals surface area contributed by atoms with Crippen LogP contribution in [-0.2, 0) is 14.8 Å².